The van der Waals surface area contributed by atoms with E-state index in [9.17, 15) is 5.11 Å². The molecule has 0 aliphatic carbocycles. The van der Waals surface area contributed by atoms with E-state index in [4.69, 9.17) is 0 Å². The SMILES string of the molecule is CC(CC(O)c1cc(Br)sc1Br)CC(C)(C)C. The van der Waals surface area contributed by atoms with Gasteiger partial charge in [-0.15, -0.1) is 11.3 Å². The third-order valence-corrected chi connectivity index (χ3v) is 5.01. The van der Waals surface area contributed by atoms with Crippen molar-refractivity contribution in [1.82, 2.24) is 0 Å². The number of thiophene rings is 1. The molecule has 98 valence electrons. The van der Waals surface area contributed by atoms with Crippen LogP contribution in [-0.2, 0) is 0 Å². The molecule has 1 heterocycles. The van der Waals surface area contributed by atoms with E-state index in [0.717, 1.165) is 26.0 Å². The van der Waals surface area contributed by atoms with Crippen LogP contribution in [0, 0.1) is 11.3 Å². The van der Waals surface area contributed by atoms with E-state index < -0.39 is 0 Å². The van der Waals surface area contributed by atoms with Gasteiger partial charge in [-0.3, -0.25) is 0 Å². The van der Waals surface area contributed by atoms with Crippen molar-refractivity contribution in [2.75, 3.05) is 0 Å². The first-order chi connectivity index (χ1) is 7.69. The maximum absolute atomic E-state index is 10.2. The Morgan fingerprint density at radius 2 is 1.94 bits per heavy atom. The second kappa shape index (κ2) is 6.18. The minimum Gasteiger partial charge on any atom is -0.388 e. The van der Waals surface area contributed by atoms with Crippen LogP contribution in [0.1, 0.15) is 52.2 Å². The summed E-state index contributed by atoms with van der Waals surface area (Å²) in [6, 6.07) is 2.00. The van der Waals surface area contributed by atoms with Gasteiger partial charge in [0.15, 0.2) is 0 Å². The highest BCUT2D eigenvalue weighted by Gasteiger charge is 2.21. The monoisotopic (exact) mass is 382 g/mol. The fourth-order valence-electron chi connectivity index (χ4n) is 2.22. The van der Waals surface area contributed by atoms with Crippen molar-refractivity contribution in [2.45, 2.75) is 46.6 Å². The summed E-state index contributed by atoms with van der Waals surface area (Å²) in [5.74, 6) is 0.524. The highest BCUT2D eigenvalue weighted by atomic mass is 79.9. The molecule has 0 saturated carbocycles. The maximum Gasteiger partial charge on any atom is 0.0812 e. The molecule has 0 aliphatic rings. The minimum absolute atomic E-state index is 0.325. The molecule has 1 N–H and O–H groups in total. The van der Waals surface area contributed by atoms with E-state index in [-0.39, 0.29) is 6.10 Å². The molecule has 1 nitrogen and oxygen atoms in total. The molecular formula is C13H20Br2OS. The van der Waals surface area contributed by atoms with Crippen LogP contribution in [0.15, 0.2) is 13.6 Å². The fourth-order valence-corrected chi connectivity index (χ4v) is 5.17. The second-order valence-electron chi connectivity index (χ2n) is 5.90. The summed E-state index contributed by atoms with van der Waals surface area (Å²) in [6.07, 6.45) is 1.58. The summed E-state index contributed by atoms with van der Waals surface area (Å²) in [5, 5.41) is 10.2. The summed E-state index contributed by atoms with van der Waals surface area (Å²) in [4.78, 5) is 0. The van der Waals surface area contributed by atoms with E-state index in [2.05, 4.69) is 59.6 Å². The number of aliphatic hydroxyl groups excluding tert-OH is 1. The van der Waals surface area contributed by atoms with Crippen molar-refractivity contribution in [3.05, 3.63) is 19.2 Å². The third kappa shape index (κ3) is 5.41. The molecule has 0 amide bonds. The molecule has 1 rings (SSSR count). The zero-order chi connectivity index (χ0) is 13.2. The largest absolute Gasteiger partial charge is 0.388 e. The Bertz CT molecular complexity index is 368. The van der Waals surface area contributed by atoms with Gasteiger partial charge in [-0.05, 0) is 62.1 Å². The molecule has 0 fully saturated rings. The van der Waals surface area contributed by atoms with Crippen LogP contribution in [0.4, 0.5) is 0 Å². The average molecular weight is 384 g/mol. The number of halogens is 2. The predicted molar refractivity (Wildman–Crippen MR) is 82.5 cm³/mol. The number of rotatable bonds is 4. The summed E-state index contributed by atoms with van der Waals surface area (Å²) >= 11 is 8.55. The van der Waals surface area contributed by atoms with Crippen molar-refractivity contribution in [2.24, 2.45) is 11.3 Å². The van der Waals surface area contributed by atoms with Crippen LogP contribution in [0.3, 0.4) is 0 Å². The minimum atomic E-state index is -0.371. The molecule has 0 aliphatic heterocycles. The van der Waals surface area contributed by atoms with Gasteiger partial charge in [0, 0.05) is 5.56 Å². The van der Waals surface area contributed by atoms with E-state index in [1.807, 2.05) is 6.07 Å². The Kier molecular flexibility index (Phi) is 5.70. The smallest absolute Gasteiger partial charge is 0.0812 e. The predicted octanol–water partition coefficient (Wildman–Crippen LogP) is 5.77. The molecular weight excluding hydrogens is 364 g/mol. The Labute approximate surface area is 125 Å². The van der Waals surface area contributed by atoms with Crippen LogP contribution in [-0.4, -0.2) is 5.11 Å². The molecule has 0 aromatic carbocycles. The van der Waals surface area contributed by atoms with E-state index >= 15 is 0 Å². The lowest BCUT2D eigenvalue weighted by atomic mass is 9.83. The molecule has 2 unspecified atom stereocenters. The number of hydrogen-bond donors (Lipinski definition) is 1. The second-order valence-corrected chi connectivity index (χ2v) is 9.65. The summed E-state index contributed by atoms with van der Waals surface area (Å²) < 4.78 is 2.08. The Morgan fingerprint density at radius 1 is 1.35 bits per heavy atom. The van der Waals surface area contributed by atoms with Gasteiger partial charge in [-0.25, -0.2) is 0 Å². The molecule has 17 heavy (non-hydrogen) atoms. The van der Waals surface area contributed by atoms with Crippen LogP contribution >= 0.6 is 43.2 Å². The van der Waals surface area contributed by atoms with Gasteiger partial charge >= 0.3 is 0 Å². The van der Waals surface area contributed by atoms with Crippen molar-refractivity contribution in [3.63, 3.8) is 0 Å². The van der Waals surface area contributed by atoms with Gasteiger partial charge in [0.1, 0.15) is 0 Å². The van der Waals surface area contributed by atoms with Crippen molar-refractivity contribution in [1.29, 1.82) is 0 Å². The van der Waals surface area contributed by atoms with E-state index in [1.54, 1.807) is 11.3 Å². The molecule has 0 radical (unpaired) electrons. The average Bonchev–Trinajstić information content (AvgIpc) is 2.41. The van der Waals surface area contributed by atoms with E-state index in [0.29, 0.717) is 11.3 Å². The third-order valence-electron chi connectivity index (χ3n) is 2.63. The lowest BCUT2D eigenvalue weighted by Gasteiger charge is -2.24. The van der Waals surface area contributed by atoms with Crippen molar-refractivity contribution in [3.8, 4) is 0 Å². The quantitative estimate of drug-likeness (QED) is 0.699. The van der Waals surface area contributed by atoms with Gasteiger partial charge in [-0.2, -0.15) is 0 Å². The first-order valence-electron chi connectivity index (χ1n) is 5.82. The molecule has 1 aromatic rings. The van der Waals surface area contributed by atoms with Gasteiger partial charge in [0.25, 0.3) is 0 Å². The highest BCUT2D eigenvalue weighted by Crippen LogP contribution is 2.38. The highest BCUT2D eigenvalue weighted by molar-refractivity contribution is 9.12. The lowest BCUT2D eigenvalue weighted by molar-refractivity contribution is 0.134. The van der Waals surface area contributed by atoms with Crippen LogP contribution < -0.4 is 0 Å². The van der Waals surface area contributed by atoms with Gasteiger partial charge < -0.3 is 5.11 Å². The summed E-state index contributed by atoms with van der Waals surface area (Å²) in [5.41, 5.74) is 1.33. The Morgan fingerprint density at radius 3 is 2.35 bits per heavy atom. The van der Waals surface area contributed by atoms with Gasteiger partial charge in [0.2, 0.25) is 0 Å². The zero-order valence-corrected chi connectivity index (χ0v) is 14.7. The fraction of sp³-hybridized carbons (Fsp3) is 0.692. The van der Waals surface area contributed by atoms with E-state index in [1.165, 1.54) is 0 Å². The van der Waals surface area contributed by atoms with Crippen LogP contribution in [0.5, 0.6) is 0 Å². The number of hydrogen-bond acceptors (Lipinski definition) is 2. The molecule has 2 atom stereocenters. The number of aliphatic hydroxyl groups is 1. The molecule has 0 saturated heterocycles. The molecule has 4 heteroatoms. The lowest BCUT2D eigenvalue weighted by Crippen LogP contribution is -2.13. The molecule has 0 bridgehead atoms. The Hall–Kier alpha value is 0.620. The first kappa shape index (κ1) is 15.7. The van der Waals surface area contributed by atoms with Crippen molar-refractivity contribution >= 4 is 43.2 Å². The molecule has 1 aromatic heterocycles. The van der Waals surface area contributed by atoms with Crippen LogP contribution in [0.2, 0.25) is 0 Å². The molecule has 0 spiro atoms. The summed E-state index contributed by atoms with van der Waals surface area (Å²) in [6.45, 7) is 8.94. The topological polar surface area (TPSA) is 20.2 Å². The summed E-state index contributed by atoms with van der Waals surface area (Å²) in [7, 11) is 0. The Balaban J connectivity index is 2.60. The maximum atomic E-state index is 10.2. The van der Waals surface area contributed by atoms with Crippen molar-refractivity contribution < 1.29 is 5.11 Å². The van der Waals surface area contributed by atoms with Gasteiger partial charge in [-0.1, -0.05) is 27.7 Å². The normalized spacial score (nSPS) is 15.9. The first-order valence-corrected chi connectivity index (χ1v) is 8.22. The standard InChI is InChI=1S/C13H20Br2OS/c1-8(7-13(2,3)4)5-10(16)9-6-11(14)17-12(9)15/h6,8,10,16H,5,7H2,1-4H3. The zero-order valence-electron chi connectivity index (χ0n) is 10.8. The van der Waals surface area contributed by atoms with Gasteiger partial charge in [0.05, 0.1) is 13.7 Å². The van der Waals surface area contributed by atoms with Crippen LogP contribution in [0.25, 0.3) is 0 Å².